The molecule has 0 aliphatic carbocycles. The molecule has 4 nitrogen and oxygen atoms in total. The second-order valence-electron chi connectivity index (χ2n) is 2.35. The van der Waals surface area contributed by atoms with E-state index in [1.54, 1.807) is 0 Å². The zero-order valence-corrected chi connectivity index (χ0v) is 7.75. The van der Waals surface area contributed by atoms with Gasteiger partial charge in [-0.1, -0.05) is 26.3 Å². The van der Waals surface area contributed by atoms with Crippen LogP contribution in [0, 0.1) is 0 Å². The summed E-state index contributed by atoms with van der Waals surface area (Å²) in [7, 11) is 0. The van der Waals surface area contributed by atoms with Crippen LogP contribution in [0.2, 0.25) is 0 Å². The zero-order valence-electron chi connectivity index (χ0n) is 7.75. The van der Waals surface area contributed by atoms with Crippen molar-refractivity contribution in [3.05, 3.63) is 12.7 Å². The Morgan fingerprint density at radius 1 is 1.31 bits per heavy atom. The minimum atomic E-state index is -1.23. The number of carbonyl (C=O) groups is 2. The van der Waals surface area contributed by atoms with Gasteiger partial charge in [0.1, 0.15) is 0 Å². The first-order chi connectivity index (χ1) is 6.04. The van der Waals surface area contributed by atoms with E-state index in [9.17, 15) is 9.90 Å². The number of hydrogen-bond donors (Lipinski definition) is 0. The van der Waals surface area contributed by atoms with Crippen LogP contribution >= 0.6 is 0 Å². The van der Waals surface area contributed by atoms with Gasteiger partial charge in [0.15, 0.2) is 0 Å². The van der Waals surface area contributed by atoms with Crippen molar-refractivity contribution in [1.29, 1.82) is 0 Å². The highest BCUT2D eigenvalue weighted by molar-refractivity contribution is 5.76. The summed E-state index contributed by atoms with van der Waals surface area (Å²) in [6.07, 6.45) is 3.76. The number of carboxylic acids is 2. The topological polar surface area (TPSA) is 80.3 Å². The van der Waals surface area contributed by atoms with E-state index in [1.807, 2.05) is 6.92 Å². The molecule has 0 fully saturated rings. The molecule has 4 heteroatoms. The Hall–Kier alpha value is -1.32. The van der Waals surface area contributed by atoms with Crippen molar-refractivity contribution >= 4 is 11.9 Å². The fourth-order valence-corrected chi connectivity index (χ4v) is 0.519. The molecule has 0 aliphatic heterocycles. The van der Waals surface area contributed by atoms with Crippen LogP contribution in [0.5, 0.6) is 0 Å². The van der Waals surface area contributed by atoms with E-state index in [0.29, 0.717) is 0 Å². The van der Waals surface area contributed by atoms with Gasteiger partial charge in [-0.15, -0.1) is 0 Å². The van der Waals surface area contributed by atoms with Gasteiger partial charge in [-0.25, -0.2) is 0 Å². The van der Waals surface area contributed by atoms with Gasteiger partial charge in [0.05, 0.1) is 5.97 Å². The molecule has 0 aliphatic rings. The predicted molar refractivity (Wildman–Crippen MR) is 44.4 cm³/mol. The third-order valence-corrected chi connectivity index (χ3v) is 1.15. The average Bonchev–Trinajstić information content (AvgIpc) is 2.05. The molecule has 76 valence electrons. The minimum Gasteiger partial charge on any atom is -0.550 e. The minimum absolute atomic E-state index is 0.216. The maximum absolute atomic E-state index is 9.76. The van der Waals surface area contributed by atoms with Crippen LogP contribution in [-0.4, -0.2) is 11.9 Å². The second kappa shape index (κ2) is 10.7. The molecule has 0 heterocycles. The lowest BCUT2D eigenvalue weighted by atomic mass is 10.2. The van der Waals surface area contributed by atoms with Crippen LogP contribution in [0.25, 0.3) is 0 Å². The molecule has 0 bridgehead atoms. The first-order valence-corrected chi connectivity index (χ1v) is 4.07. The summed E-state index contributed by atoms with van der Waals surface area (Å²) in [4.78, 5) is 18.9. The van der Waals surface area contributed by atoms with E-state index in [0.717, 1.165) is 25.3 Å². The third kappa shape index (κ3) is 24.9. The largest absolute Gasteiger partial charge is 0.550 e. The van der Waals surface area contributed by atoms with Gasteiger partial charge in [-0.05, 0) is 18.9 Å². The molecule has 0 unspecified atom stereocenters. The summed E-state index contributed by atoms with van der Waals surface area (Å²) in [5.41, 5.74) is 0. The SMILES string of the molecule is C=CC(=O)[O-].CCCCCC(=O)[O-]. The Labute approximate surface area is 77.9 Å². The predicted octanol–water partition coefficient (Wildman–Crippen LogP) is -0.761. The Kier molecular flexibility index (Phi) is 11.7. The summed E-state index contributed by atoms with van der Waals surface area (Å²) in [5.74, 6) is -2.16. The van der Waals surface area contributed by atoms with E-state index in [2.05, 4.69) is 6.58 Å². The number of carbonyl (C=O) groups excluding carboxylic acids is 2. The molecule has 0 atom stereocenters. The van der Waals surface area contributed by atoms with Gasteiger partial charge in [0.2, 0.25) is 0 Å². The number of aliphatic carboxylic acids is 2. The maximum atomic E-state index is 9.76. The Balaban J connectivity index is 0. The van der Waals surface area contributed by atoms with Crippen molar-refractivity contribution in [2.75, 3.05) is 0 Å². The van der Waals surface area contributed by atoms with Gasteiger partial charge in [0, 0.05) is 5.97 Å². The van der Waals surface area contributed by atoms with Gasteiger partial charge >= 0.3 is 0 Å². The smallest absolute Gasteiger partial charge is 0.0636 e. The van der Waals surface area contributed by atoms with E-state index in [-0.39, 0.29) is 6.42 Å². The molecule has 0 spiro atoms. The van der Waals surface area contributed by atoms with Gasteiger partial charge in [-0.2, -0.15) is 0 Å². The number of hydrogen-bond acceptors (Lipinski definition) is 4. The Bertz CT molecular complexity index is 163. The molecular weight excluding hydrogens is 172 g/mol. The summed E-state index contributed by atoms with van der Waals surface area (Å²) >= 11 is 0. The fourth-order valence-electron chi connectivity index (χ4n) is 0.519. The van der Waals surface area contributed by atoms with Crippen LogP contribution in [0.1, 0.15) is 32.6 Å². The number of carboxylic acid groups (broad SMARTS) is 2. The molecule has 0 aromatic carbocycles. The van der Waals surface area contributed by atoms with Gasteiger partial charge < -0.3 is 19.8 Å². The van der Waals surface area contributed by atoms with E-state index in [1.165, 1.54) is 0 Å². The molecule has 0 saturated heterocycles. The van der Waals surface area contributed by atoms with Crippen molar-refractivity contribution < 1.29 is 19.8 Å². The summed E-state index contributed by atoms with van der Waals surface area (Å²) in [6.45, 7) is 4.94. The fraction of sp³-hybridized carbons (Fsp3) is 0.556. The lowest BCUT2D eigenvalue weighted by Gasteiger charge is -1.97. The monoisotopic (exact) mass is 186 g/mol. The molecule has 0 aromatic heterocycles. The van der Waals surface area contributed by atoms with Crippen molar-refractivity contribution in [2.45, 2.75) is 32.6 Å². The normalized spacial score (nSPS) is 8.08. The number of rotatable bonds is 5. The van der Waals surface area contributed by atoms with Gasteiger partial charge in [0.25, 0.3) is 0 Å². The van der Waals surface area contributed by atoms with Crippen LogP contribution in [0.15, 0.2) is 12.7 Å². The van der Waals surface area contributed by atoms with Gasteiger partial charge in [-0.3, -0.25) is 0 Å². The Morgan fingerprint density at radius 3 is 2.00 bits per heavy atom. The van der Waals surface area contributed by atoms with Crippen LogP contribution < -0.4 is 10.2 Å². The summed E-state index contributed by atoms with van der Waals surface area (Å²) in [6, 6.07) is 0. The first-order valence-electron chi connectivity index (χ1n) is 4.07. The van der Waals surface area contributed by atoms with Crippen LogP contribution in [0.3, 0.4) is 0 Å². The quantitative estimate of drug-likeness (QED) is 0.417. The molecule has 0 rings (SSSR count). The second-order valence-corrected chi connectivity index (χ2v) is 2.35. The molecule has 0 amide bonds. The lowest BCUT2D eigenvalue weighted by molar-refractivity contribution is -0.306. The van der Waals surface area contributed by atoms with E-state index < -0.39 is 11.9 Å². The van der Waals surface area contributed by atoms with Crippen molar-refractivity contribution in [3.63, 3.8) is 0 Å². The Morgan fingerprint density at radius 2 is 1.77 bits per heavy atom. The molecular formula is C9H14O4-2. The van der Waals surface area contributed by atoms with Crippen molar-refractivity contribution in [3.8, 4) is 0 Å². The highest BCUT2D eigenvalue weighted by atomic mass is 16.4. The molecule has 0 saturated carbocycles. The average molecular weight is 186 g/mol. The van der Waals surface area contributed by atoms with Crippen LogP contribution in [-0.2, 0) is 9.59 Å². The molecule has 13 heavy (non-hydrogen) atoms. The van der Waals surface area contributed by atoms with Crippen LogP contribution in [0.4, 0.5) is 0 Å². The lowest BCUT2D eigenvalue weighted by Crippen LogP contribution is -2.21. The first kappa shape index (κ1) is 14.2. The highest BCUT2D eigenvalue weighted by Gasteiger charge is 1.84. The molecule has 0 N–H and O–H groups in total. The van der Waals surface area contributed by atoms with Crippen molar-refractivity contribution in [2.24, 2.45) is 0 Å². The zero-order chi connectivity index (χ0) is 10.7. The third-order valence-electron chi connectivity index (χ3n) is 1.15. The van der Waals surface area contributed by atoms with E-state index in [4.69, 9.17) is 9.90 Å². The van der Waals surface area contributed by atoms with E-state index >= 15 is 0 Å². The maximum Gasteiger partial charge on any atom is 0.0636 e. The molecule has 0 aromatic rings. The number of unbranched alkanes of at least 4 members (excludes halogenated alkanes) is 2. The standard InChI is InChI=1S/C6H12O2.C3H4O2/c1-2-3-4-5-6(7)8;1-2-3(4)5/h2-5H2,1H3,(H,7,8);2H,1H2,(H,4,5)/p-2. The molecule has 0 radical (unpaired) electrons. The summed E-state index contributed by atoms with van der Waals surface area (Å²) < 4.78 is 0. The summed E-state index contributed by atoms with van der Waals surface area (Å²) in [5, 5.41) is 18.9. The van der Waals surface area contributed by atoms with Crippen molar-refractivity contribution in [1.82, 2.24) is 0 Å². The highest BCUT2D eigenvalue weighted by Crippen LogP contribution is 1.96.